The highest BCUT2D eigenvalue weighted by molar-refractivity contribution is 5.89. The number of hydrogen-bond donors (Lipinski definition) is 1. The van der Waals surface area contributed by atoms with Crippen LogP contribution < -0.4 is 5.73 Å². The number of nitrogens with two attached hydrogens (primary N) is 1. The van der Waals surface area contributed by atoms with Crippen molar-refractivity contribution in [3.05, 3.63) is 0 Å². The maximum atomic E-state index is 12.0. The molecule has 15 heavy (non-hydrogen) atoms. The summed E-state index contributed by atoms with van der Waals surface area (Å²) in [5, 5.41) is 0. The Labute approximate surface area is 90.4 Å². The van der Waals surface area contributed by atoms with Gasteiger partial charge < -0.3 is 10.6 Å². The molecule has 3 rings (SSSR count). The Morgan fingerprint density at radius 2 is 1.73 bits per heavy atom. The normalized spacial score (nSPS) is 30.3. The number of piperazine rings is 1. The molecule has 0 aromatic rings. The van der Waals surface area contributed by atoms with Crippen molar-refractivity contribution in [1.82, 2.24) is 9.80 Å². The zero-order valence-electron chi connectivity index (χ0n) is 9.11. The summed E-state index contributed by atoms with van der Waals surface area (Å²) in [6.07, 6.45) is 4.48. The molecule has 2 N–H and O–H groups in total. The van der Waals surface area contributed by atoms with Crippen molar-refractivity contribution in [2.45, 2.75) is 37.3 Å². The minimum absolute atomic E-state index is 0.193. The van der Waals surface area contributed by atoms with Crippen LogP contribution in [-0.4, -0.2) is 53.5 Å². The van der Waals surface area contributed by atoms with Crippen LogP contribution in [-0.2, 0) is 4.79 Å². The van der Waals surface area contributed by atoms with Gasteiger partial charge in [-0.1, -0.05) is 0 Å². The fourth-order valence-electron chi connectivity index (χ4n) is 2.39. The van der Waals surface area contributed by atoms with Gasteiger partial charge in [-0.25, -0.2) is 0 Å². The van der Waals surface area contributed by atoms with Crippen LogP contribution in [0.25, 0.3) is 0 Å². The Bertz CT molecular complexity index is 276. The van der Waals surface area contributed by atoms with Crippen LogP contribution in [0, 0.1) is 0 Å². The maximum absolute atomic E-state index is 12.0. The Morgan fingerprint density at radius 1 is 1.13 bits per heavy atom. The lowest BCUT2D eigenvalue weighted by Gasteiger charge is -2.36. The number of carbonyl (C=O) groups is 1. The molecule has 4 nitrogen and oxygen atoms in total. The van der Waals surface area contributed by atoms with Crippen LogP contribution >= 0.6 is 0 Å². The SMILES string of the molecule is NC1(C(=O)N2CCN(C3CC3)CC2)CC1. The topological polar surface area (TPSA) is 49.6 Å². The third-order valence-electron chi connectivity index (χ3n) is 3.88. The summed E-state index contributed by atoms with van der Waals surface area (Å²) in [5.74, 6) is 0.193. The molecule has 1 heterocycles. The van der Waals surface area contributed by atoms with Crippen LogP contribution in [0.1, 0.15) is 25.7 Å². The average molecular weight is 209 g/mol. The van der Waals surface area contributed by atoms with E-state index < -0.39 is 5.54 Å². The number of rotatable bonds is 2. The van der Waals surface area contributed by atoms with Crippen LogP contribution in [0.4, 0.5) is 0 Å². The highest BCUT2D eigenvalue weighted by Crippen LogP contribution is 2.35. The predicted octanol–water partition coefficient (Wildman–Crippen LogP) is -0.216. The Balaban J connectivity index is 1.54. The number of carbonyl (C=O) groups excluding carboxylic acids is 1. The van der Waals surface area contributed by atoms with Gasteiger partial charge in [0.2, 0.25) is 5.91 Å². The molecule has 0 unspecified atom stereocenters. The first-order chi connectivity index (χ1) is 7.19. The molecule has 0 bridgehead atoms. The molecule has 0 aromatic carbocycles. The second kappa shape index (κ2) is 3.19. The van der Waals surface area contributed by atoms with E-state index in [2.05, 4.69) is 4.90 Å². The summed E-state index contributed by atoms with van der Waals surface area (Å²) in [4.78, 5) is 16.4. The molecule has 0 aromatic heterocycles. The van der Waals surface area contributed by atoms with E-state index in [0.717, 1.165) is 45.1 Å². The fraction of sp³-hybridized carbons (Fsp3) is 0.909. The molecule has 0 spiro atoms. The highest BCUT2D eigenvalue weighted by Gasteiger charge is 2.48. The van der Waals surface area contributed by atoms with Gasteiger partial charge in [-0.3, -0.25) is 9.69 Å². The zero-order chi connectivity index (χ0) is 10.5. The molecule has 1 saturated heterocycles. The quantitative estimate of drug-likeness (QED) is 0.684. The summed E-state index contributed by atoms with van der Waals surface area (Å²) < 4.78 is 0. The van der Waals surface area contributed by atoms with Crippen LogP contribution in [0.2, 0.25) is 0 Å². The molecule has 0 radical (unpaired) electrons. The molecular weight excluding hydrogens is 190 g/mol. The lowest BCUT2D eigenvalue weighted by molar-refractivity contribution is -0.135. The van der Waals surface area contributed by atoms with Gasteiger partial charge in [-0.2, -0.15) is 0 Å². The second-order valence-electron chi connectivity index (χ2n) is 5.22. The van der Waals surface area contributed by atoms with Crippen molar-refractivity contribution in [3.8, 4) is 0 Å². The Hall–Kier alpha value is -0.610. The molecule has 3 aliphatic rings. The van der Waals surface area contributed by atoms with E-state index in [4.69, 9.17) is 5.73 Å². The predicted molar refractivity (Wildman–Crippen MR) is 57.3 cm³/mol. The van der Waals surface area contributed by atoms with Gasteiger partial charge in [0.25, 0.3) is 0 Å². The van der Waals surface area contributed by atoms with E-state index in [9.17, 15) is 4.79 Å². The number of hydrogen-bond acceptors (Lipinski definition) is 3. The van der Waals surface area contributed by atoms with Gasteiger partial charge in [0.05, 0.1) is 5.54 Å². The Kier molecular flexibility index (Phi) is 2.04. The summed E-state index contributed by atoms with van der Waals surface area (Å²) in [7, 11) is 0. The third kappa shape index (κ3) is 1.76. The molecule has 0 atom stereocenters. The third-order valence-corrected chi connectivity index (χ3v) is 3.88. The molecule has 2 aliphatic carbocycles. The van der Waals surface area contributed by atoms with E-state index in [1.807, 2.05) is 4.90 Å². The minimum Gasteiger partial charge on any atom is -0.339 e. The van der Waals surface area contributed by atoms with Crippen molar-refractivity contribution >= 4 is 5.91 Å². The van der Waals surface area contributed by atoms with Gasteiger partial charge >= 0.3 is 0 Å². The van der Waals surface area contributed by atoms with Crippen molar-refractivity contribution in [3.63, 3.8) is 0 Å². The molecule has 2 saturated carbocycles. The van der Waals surface area contributed by atoms with Gasteiger partial charge in [0.15, 0.2) is 0 Å². The highest BCUT2D eigenvalue weighted by atomic mass is 16.2. The first kappa shape index (κ1) is 9.60. The van der Waals surface area contributed by atoms with Crippen LogP contribution in [0.5, 0.6) is 0 Å². The smallest absolute Gasteiger partial charge is 0.242 e. The lowest BCUT2D eigenvalue weighted by Crippen LogP contribution is -2.54. The van der Waals surface area contributed by atoms with E-state index >= 15 is 0 Å². The number of amides is 1. The molecule has 3 fully saturated rings. The summed E-state index contributed by atoms with van der Waals surface area (Å²) >= 11 is 0. The molecule has 4 heteroatoms. The maximum Gasteiger partial charge on any atom is 0.242 e. The monoisotopic (exact) mass is 209 g/mol. The van der Waals surface area contributed by atoms with E-state index in [0.29, 0.717) is 0 Å². The van der Waals surface area contributed by atoms with Crippen molar-refractivity contribution in [2.75, 3.05) is 26.2 Å². The first-order valence-electron chi connectivity index (χ1n) is 6.01. The standard InChI is InChI=1S/C11H19N3O/c12-11(3-4-11)10(15)14-7-5-13(6-8-14)9-1-2-9/h9H,1-8,12H2. The average Bonchev–Trinajstić information content (AvgIpc) is 3.11. The minimum atomic E-state index is -0.470. The van der Waals surface area contributed by atoms with E-state index in [-0.39, 0.29) is 5.91 Å². The molecule has 1 amide bonds. The molecular formula is C11H19N3O. The summed E-state index contributed by atoms with van der Waals surface area (Å²) in [5.41, 5.74) is 5.45. The summed E-state index contributed by atoms with van der Waals surface area (Å²) in [6.45, 7) is 3.86. The van der Waals surface area contributed by atoms with Gasteiger partial charge in [0, 0.05) is 32.2 Å². The van der Waals surface area contributed by atoms with Crippen LogP contribution in [0.15, 0.2) is 0 Å². The lowest BCUT2D eigenvalue weighted by atomic mass is 10.2. The zero-order valence-corrected chi connectivity index (χ0v) is 9.11. The van der Waals surface area contributed by atoms with Crippen molar-refractivity contribution < 1.29 is 4.79 Å². The van der Waals surface area contributed by atoms with E-state index in [1.54, 1.807) is 0 Å². The second-order valence-corrected chi connectivity index (χ2v) is 5.22. The van der Waals surface area contributed by atoms with Gasteiger partial charge in [0.1, 0.15) is 0 Å². The molecule has 1 aliphatic heterocycles. The van der Waals surface area contributed by atoms with Crippen molar-refractivity contribution in [1.29, 1.82) is 0 Å². The summed E-state index contributed by atoms with van der Waals surface area (Å²) in [6, 6.07) is 0.829. The van der Waals surface area contributed by atoms with Crippen LogP contribution in [0.3, 0.4) is 0 Å². The largest absolute Gasteiger partial charge is 0.339 e. The Morgan fingerprint density at radius 3 is 2.20 bits per heavy atom. The first-order valence-corrected chi connectivity index (χ1v) is 6.01. The van der Waals surface area contributed by atoms with Gasteiger partial charge in [-0.15, -0.1) is 0 Å². The van der Waals surface area contributed by atoms with Gasteiger partial charge in [-0.05, 0) is 25.7 Å². The van der Waals surface area contributed by atoms with E-state index in [1.165, 1.54) is 12.8 Å². The van der Waals surface area contributed by atoms with Crippen molar-refractivity contribution in [2.24, 2.45) is 5.73 Å². The molecule has 84 valence electrons. The fourth-order valence-corrected chi connectivity index (χ4v) is 2.39. The number of nitrogens with zero attached hydrogens (tertiary/aromatic N) is 2.